The minimum Gasteiger partial charge on any atom is -0.385 e. The lowest BCUT2D eigenvalue weighted by Gasteiger charge is -2.34. The molecule has 1 aliphatic rings. The Morgan fingerprint density at radius 2 is 2.05 bits per heavy atom. The number of nitrogens with zero attached hydrogens (tertiary/aromatic N) is 1. The van der Waals surface area contributed by atoms with Crippen LogP contribution in [0.2, 0.25) is 0 Å². The molecular weight excluding hydrogens is 295 g/mol. The molecule has 0 radical (unpaired) electrons. The Morgan fingerprint density at radius 3 is 2.62 bits per heavy atom. The van der Waals surface area contributed by atoms with Crippen molar-refractivity contribution in [3.63, 3.8) is 0 Å². The molecule has 1 aromatic rings. The van der Waals surface area contributed by atoms with Gasteiger partial charge in [0, 0.05) is 25.2 Å². The van der Waals surface area contributed by atoms with Crippen LogP contribution in [0.4, 0.5) is 22.0 Å². The molecule has 3 nitrogen and oxygen atoms in total. The normalized spacial score (nSPS) is 25.8. The van der Waals surface area contributed by atoms with Crippen LogP contribution in [0, 0.1) is 0 Å². The number of alkyl halides is 5. The van der Waals surface area contributed by atoms with E-state index >= 15 is 0 Å². The van der Waals surface area contributed by atoms with E-state index in [9.17, 15) is 27.1 Å². The molecule has 0 aliphatic heterocycles. The number of rotatable bonds is 3. The van der Waals surface area contributed by atoms with E-state index in [2.05, 4.69) is 10.3 Å². The number of pyridine rings is 1. The van der Waals surface area contributed by atoms with Crippen molar-refractivity contribution in [3.05, 3.63) is 29.6 Å². The average molecular weight is 310 g/mol. The van der Waals surface area contributed by atoms with Gasteiger partial charge >= 0.3 is 6.18 Å². The van der Waals surface area contributed by atoms with Gasteiger partial charge in [0.15, 0.2) is 0 Å². The topological polar surface area (TPSA) is 45.1 Å². The van der Waals surface area contributed by atoms with E-state index in [4.69, 9.17) is 0 Å². The van der Waals surface area contributed by atoms with Crippen LogP contribution in [0.3, 0.4) is 0 Å². The summed E-state index contributed by atoms with van der Waals surface area (Å²) in [6, 6.07) is 1.27. The minimum absolute atomic E-state index is 0.0238. The lowest BCUT2D eigenvalue weighted by atomic mass is 9.89. The Labute approximate surface area is 118 Å². The Hall–Kier alpha value is -1.28. The third kappa shape index (κ3) is 3.88. The van der Waals surface area contributed by atoms with Crippen molar-refractivity contribution in [1.82, 2.24) is 10.3 Å². The number of nitrogens with one attached hydrogen (secondary N) is 1. The summed E-state index contributed by atoms with van der Waals surface area (Å²) < 4.78 is 63.7. The molecule has 1 heterocycles. The fraction of sp³-hybridized carbons (Fsp3) is 0.615. The lowest BCUT2D eigenvalue weighted by molar-refractivity contribution is -0.143. The molecule has 1 fully saturated rings. The molecule has 118 valence electrons. The largest absolute Gasteiger partial charge is 0.417 e. The van der Waals surface area contributed by atoms with Crippen LogP contribution < -0.4 is 5.32 Å². The first-order valence-corrected chi connectivity index (χ1v) is 6.51. The molecule has 2 rings (SSSR count). The van der Waals surface area contributed by atoms with Crippen LogP contribution in [0.15, 0.2) is 18.3 Å². The van der Waals surface area contributed by atoms with Gasteiger partial charge in [-0.25, -0.2) is 8.78 Å². The lowest BCUT2D eigenvalue weighted by Crippen LogP contribution is -2.52. The fourth-order valence-electron chi connectivity index (χ4n) is 2.30. The molecule has 2 atom stereocenters. The van der Waals surface area contributed by atoms with Crippen LogP contribution in [0.25, 0.3) is 0 Å². The number of halogens is 5. The molecule has 0 amide bonds. The van der Waals surface area contributed by atoms with Crippen molar-refractivity contribution >= 4 is 0 Å². The second-order valence-electron chi connectivity index (χ2n) is 5.12. The van der Waals surface area contributed by atoms with Crippen LogP contribution >= 0.6 is 0 Å². The highest BCUT2D eigenvalue weighted by Crippen LogP contribution is 2.33. The third-order valence-corrected chi connectivity index (χ3v) is 3.54. The number of aliphatic hydroxyl groups excluding tert-OH is 1. The molecule has 1 saturated carbocycles. The summed E-state index contributed by atoms with van der Waals surface area (Å²) in [4.78, 5) is 3.64. The molecule has 0 bridgehead atoms. The maximum Gasteiger partial charge on any atom is 0.417 e. The summed E-state index contributed by atoms with van der Waals surface area (Å²) >= 11 is 0. The minimum atomic E-state index is -4.46. The van der Waals surface area contributed by atoms with Gasteiger partial charge in [-0.3, -0.25) is 4.98 Å². The second kappa shape index (κ2) is 5.84. The van der Waals surface area contributed by atoms with Gasteiger partial charge < -0.3 is 10.4 Å². The molecule has 2 N–H and O–H groups in total. The molecule has 1 aliphatic carbocycles. The summed E-state index contributed by atoms with van der Waals surface area (Å²) in [6.45, 7) is 0.0238. The highest BCUT2D eigenvalue weighted by molar-refractivity contribution is 5.17. The summed E-state index contributed by atoms with van der Waals surface area (Å²) in [5.41, 5.74) is -0.570. The predicted molar refractivity (Wildman–Crippen MR) is 64.7 cm³/mol. The summed E-state index contributed by atoms with van der Waals surface area (Å²) in [7, 11) is 0. The molecular formula is C13H15F5N2O. The average Bonchev–Trinajstić information content (AvgIpc) is 2.40. The Bertz CT molecular complexity index is 474. The van der Waals surface area contributed by atoms with Gasteiger partial charge in [-0.05, 0) is 25.0 Å². The predicted octanol–water partition coefficient (Wildman–Crippen LogP) is 2.74. The molecule has 21 heavy (non-hydrogen) atoms. The van der Waals surface area contributed by atoms with Gasteiger partial charge in [0.1, 0.15) is 6.10 Å². The van der Waals surface area contributed by atoms with Crippen LogP contribution in [-0.4, -0.2) is 28.2 Å². The van der Waals surface area contributed by atoms with Gasteiger partial charge in [0.05, 0.1) is 11.3 Å². The maximum atomic E-state index is 13.3. The quantitative estimate of drug-likeness (QED) is 0.844. The van der Waals surface area contributed by atoms with E-state index in [1.54, 1.807) is 0 Å². The van der Waals surface area contributed by atoms with E-state index in [0.717, 1.165) is 6.07 Å². The van der Waals surface area contributed by atoms with Gasteiger partial charge in [-0.2, -0.15) is 13.2 Å². The first-order valence-electron chi connectivity index (χ1n) is 6.51. The first-order chi connectivity index (χ1) is 9.70. The number of hydrogen-bond acceptors (Lipinski definition) is 3. The SMILES string of the molecule is O[C@@H]1[C@@H](NCc2ccc(C(F)(F)F)cn2)CCCC1(F)F. The smallest absolute Gasteiger partial charge is 0.385 e. The van der Waals surface area contributed by atoms with Gasteiger partial charge in [0.25, 0.3) is 5.92 Å². The van der Waals surface area contributed by atoms with Gasteiger partial charge in [-0.15, -0.1) is 0 Å². The number of aromatic nitrogens is 1. The van der Waals surface area contributed by atoms with E-state index in [-0.39, 0.29) is 19.4 Å². The molecule has 0 unspecified atom stereocenters. The van der Waals surface area contributed by atoms with Gasteiger partial charge in [-0.1, -0.05) is 0 Å². The maximum absolute atomic E-state index is 13.3. The standard InChI is InChI=1S/C13H15F5N2O/c14-12(15)5-1-2-10(11(12)21)20-7-9-4-3-8(6-19-9)13(16,17)18/h3-4,6,10-11,20-21H,1-2,5,7H2/t10-,11+/m0/s1. The van der Waals surface area contributed by atoms with E-state index in [1.807, 2.05) is 0 Å². The van der Waals surface area contributed by atoms with Crippen LogP contribution in [0.5, 0.6) is 0 Å². The van der Waals surface area contributed by atoms with Crippen molar-refractivity contribution in [3.8, 4) is 0 Å². The Balaban J connectivity index is 1.94. The molecule has 1 aromatic heterocycles. The second-order valence-corrected chi connectivity index (χ2v) is 5.12. The van der Waals surface area contributed by atoms with Crippen LogP contribution in [0.1, 0.15) is 30.5 Å². The molecule has 8 heteroatoms. The third-order valence-electron chi connectivity index (χ3n) is 3.54. The van der Waals surface area contributed by atoms with E-state index in [1.165, 1.54) is 6.07 Å². The highest BCUT2D eigenvalue weighted by Gasteiger charge is 2.45. The Kier molecular flexibility index (Phi) is 4.48. The highest BCUT2D eigenvalue weighted by atomic mass is 19.4. The monoisotopic (exact) mass is 310 g/mol. The zero-order valence-electron chi connectivity index (χ0n) is 11.0. The molecule has 0 aromatic carbocycles. The zero-order valence-corrected chi connectivity index (χ0v) is 11.0. The van der Waals surface area contributed by atoms with E-state index < -0.39 is 29.8 Å². The fourth-order valence-corrected chi connectivity index (χ4v) is 2.30. The molecule has 0 spiro atoms. The summed E-state index contributed by atoms with van der Waals surface area (Å²) in [5, 5.41) is 12.3. The number of hydrogen-bond donors (Lipinski definition) is 2. The van der Waals surface area contributed by atoms with Crippen molar-refractivity contribution in [2.24, 2.45) is 0 Å². The van der Waals surface area contributed by atoms with Crippen molar-refractivity contribution in [2.75, 3.05) is 0 Å². The number of aliphatic hydroxyl groups is 1. The zero-order chi connectivity index (χ0) is 15.7. The summed E-state index contributed by atoms with van der Waals surface area (Å²) in [5.74, 6) is -3.14. The van der Waals surface area contributed by atoms with Crippen molar-refractivity contribution < 1.29 is 27.1 Å². The first kappa shape index (κ1) is 16.1. The molecule has 0 saturated heterocycles. The Morgan fingerprint density at radius 1 is 1.33 bits per heavy atom. The van der Waals surface area contributed by atoms with Gasteiger partial charge in [0.2, 0.25) is 0 Å². The van der Waals surface area contributed by atoms with Crippen molar-refractivity contribution in [2.45, 2.75) is 50.1 Å². The van der Waals surface area contributed by atoms with Crippen LogP contribution in [-0.2, 0) is 12.7 Å². The van der Waals surface area contributed by atoms with Crippen molar-refractivity contribution in [1.29, 1.82) is 0 Å². The van der Waals surface area contributed by atoms with E-state index in [0.29, 0.717) is 18.3 Å². The summed E-state index contributed by atoms with van der Waals surface area (Å²) in [6.07, 6.45) is -5.24.